The summed E-state index contributed by atoms with van der Waals surface area (Å²) in [5.74, 6) is -1.24. The van der Waals surface area contributed by atoms with Gasteiger partial charge in [-0.15, -0.1) is 0 Å². The smallest absolute Gasteiger partial charge is 0.321 e. The average Bonchev–Trinajstić information content (AvgIpc) is 2.73. The molecular formula is C22H15BrFN3O3. The van der Waals surface area contributed by atoms with E-state index < -0.39 is 29.4 Å². The molecule has 0 saturated carbocycles. The fourth-order valence-corrected chi connectivity index (χ4v) is 3.51. The van der Waals surface area contributed by atoms with Gasteiger partial charge in [-0.05, 0) is 29.7 Å². The predicted molar refractivity (Wildman–Crippen MR) is 117 cm³/mol. The highest BCUT2D eigenvalue weighted by Crippen LogP contribution is 2.21. The molecule has 6 nitrogen and oxygen atoms in total. The molecule has 30 heavy (non-hydrogen) atoms. The van der Waals surface area contributed by atoms with Gasteiger partial charge in [0.05, 0.1) is 11.4 Å². The summed E-state index contributed by atoms with van der Waals surface area (Å²) < 4.78 is 16.7. The van der Waals surface area contributed by atoms with Crippen molar-refractivity contribution in [3.8, 4) is 5.69 Å². The number of anilines is 1. The van der Waals surface area contributed by atoms with Crippen LogP contribution in [-0.4, -0.2) is 15.0 Å². The molecule has 1 aromatic heterocycles. The first-order chi connectivity index (χ1) is 14.4. The van der Waals surface area contributed by atoms with Crippen molar-refractivity contribution in [2.75, 3.05) is 5.32 Å². The Morgan fingerprint density at radius 3 is 2.53 bits per heavy atom. The van der Waals surface area contributed by atoms with Gasteiger partial charge in [-0.3, -0.25) is 23.5 Å². The molecule has 0 bridgehead atoms. The van der Waals surface area contributed by atoms with Crippen molar-refractivity contribution in [1.29, 1.82) is 0 Å². The van der Waals surface area contributed by atoms with Crippen LogP contribution in [0.3, 0.4) is 0 Å². The van der Waals surface area contributed by atoms with Crippen LogP contribution in [-0.2, 0) is 11.3 Å². The van der Waals surface area contributed by atoms with E-state index in [-0.39, 0.29) is 5.69 Å². The Morgan fingerprint density at radius 1 is 0.967 bits per heavy atom. The maximum atomic E-state index is 13.9. The molecule has 0 aliphatic carbocycles. The standard InChI is InChI=1S/C22H15BrFN3O3/c23-15-8-9-18(17(24)12-15)25-20(28)13-26-10-11-27(22(30)21(26)29)19-7-3-5-14-4-1-2-6-16(14)19/h1-12H,13H2,(H,25,28). The summed E-state index contributed by atoms with van der Waals surface area (Å²) in [6.07, 6.45) is 2.81. The topological polar surface area (TPSA) is 73.1 Å². The summed E-state index contributed by atoms with van der Waals surface area (Å²) in [5.41, 5.74) is -1.07. The number of aromatic nitrogens is 2. The number of hydrogen-bond acceptors (Lipinski definition) is 3. The second-order valence-corrected chi connectivity index (χ2v) is 7.49. The molecule has 8 heteroatoms. The Hall–Kier alpha value is -3.52. The lowest BCUT2D eigenvalue weighted by Crippen LogP contribution is -2.41. The second kappa shape index (κ2) is 8.08. The first kappa shape index (κ1) is 19.8. The van der Waals surface area contributed by atoms with Crippen molar-refractivity contribution in [1.82, 2.24) is 9.13 Å². The van der Waals surface area contributed by atoms with Gasteiger partial charge < -0.3 is 5.32 Å². The molecule has 0 spiro atoms. The van der Waals surface area contributed by atoms with E-state index in [1.165, 1.54) is 29.1 Å². The number of benzene rings is 3. The number of carbonyl (C=O) groups excluding carboxylic acids is 1. The first-order valence-corrected chi connectivity index (χ1v) is 9.78. The summed E-state index contributed by atoms with van der Waals surface area (Å²) in [6, 6.07) is 17.2. The molecule has 0 radical (unpaired) electrons. The summed E-state index contributed by atoms with van der Waals surface area (Å²) in [6.45, 7) is -0.417. The number of carbonyl (C=O) groups is 1. The molecule has 1 N–H and O–H groups in total. The molecule has 0 atom stereocenters. The third-order valence-corrected chi connectivity index (χ3v) is 5.10. The van der Waals surface area contributed by atoms with E-state index in [4.69, 9.17) is 0 Å². The van der Waals surface area contributed by atoms with Crippen LogP contribution >= 0.6 is 15.9 Å². The van der Waals surface area contributed by atoms with Gasteiger partial charge in [0.2, 0.25) is 5.91 Å². The molecule has 4 aromatic rings. The number of rotatable bonds is 4. The number of nitrogens with zero attached hydrogens (tertiary/aromatic N) is 2. The number of hydrogen-bond donors (Lipinski definition) is 1. The van der Waals surface area contributed by atoms with Crippen LogP contribution in [0, 0.1) is 5.82 Å². The van der Waals surface area contributed by atoms with E-state index >= 15 is 0 Å². The molecule has 0 fully saturated rings. The highest BCUT2D eigenvalue weighted by atomic mass is 79.9. The predicted octanol–water partition coefficient (Wildman–Crippen LogP) is 3.69. The fraction of sp³-hybridized carbons (Fsp3) is 0.0455. The maximum absolute atomic E-state index is 13.9. The zero-order valence-corrected chi connectivity index (χ0v) is 17.1. The molecule has 1 amide bonds. The summed E-state index contributed by atoms with van der Waals surface area (Å²) in [7, 11) is 0. The summed E-state index contributed by atoms with van der Waals surface area (Å²) >= 11 is 3.14. The number of amides is 1. The number of halogens is 2. The van der Waals surface area contributed by atoms with Gasteiger partial charge >= 0.3 is 11.1 Å². The van der Waals surface area contributed by atoms with E-state index in [1.807, 2.05) is 30.3 Å². The van der Waals surface area contributed by atoms with E-state index in [2.05, 4.69) is 21.2 Å². The zero-order valence-electron chi connectivity index (χ0n) is 15.5. The lowest BCUT2D eigenvalue weighted by molar-refractivity contribution is -0.116. The van der Waals surface area contributed by atoms with Crippen molar-refractivity contribution < 1.29 is 9.18 Å². The summed E-state index contributed by atoms with van der Waals surface area (Å²) in [4.78, 5) is 37.5. The Bertz CT molecular complexity index is 1390. The highest BCUT2D eigenvalue weighted by molar-refractivity contribution is 9.10. The maximum Gasteiger partial charge on any atom is 0.321 e. The van der Waals surface area contributed by atoms with Crippen molar-refractivity contribution in [3.63, 3.8) is 0 Å². The lowest BCUT2D eigenvalue weighted by Gasteiger charge is -2.12. The molecular weight excluding hydrogens is 453 g/mol. The molecule has 0 saturated heterocycles. The molecule has 150 valence electrons. The Labute approximate surface area is 178 Å². The highest BCUT2D eigenvalue weighted by Gasteiger charge is 2.13. The van der Waals surface area contributed by atoms with Crippen LogP contribution in [0.2, 0.25) is 0 Å². The van der Waals surface area contributed by atoms with Crippen molar-refractivity contribution in [2.24, 2.45) is 0 Å². The minimum Gasteiger partial charge on any atom is -0.322 e. The second-order valence-electron chi connectivity index (χ2n) is 6.58. The van der Waals surface area contributed by atoms with Gasteiger partial charge in [0.15, 0.2) is 0 Å². The van der Waals surface area contributed by atoms with E-state index in [1.54, 1.807) is 18.2 Å². The van der Waals surface area contributed by atoms with Gasteiger partial charge in [0.25, 0.3) is 0 Å². The average molecular weight is 468 g/mol. The molecule has 1 heterocycles. The Kier molecular flexibility index (Phi) is 5.33. The van der Waals surface area contributed by atoms with Crippen LogP contribution in [0.5, 0.6) is 0 Å². The monoisotopic (exact) mass is 467 g/mol. The van der Waals surface area contributed by atoms with Crippen molar-refractivity contribution in [3.05, 3.63) is 104 Å². The normalized spacial score (nSPS) is 10.9. The SMILES string of the molecule is O=C(Cn1ccn(-c2cccc3ccccc23)c(=O)c1=O)Nc1ccc(Br)cc1F. The molecule has 0 unspecified atom stereocenters. The minimum atomic E-state index is -0.850. The number of nitrogens with one attached hydrogen (secondary N) is 1. The van der Waals surface area contributed by atoms with Crippen LogP contribution in [0.25, 0.3) is 16.5 Å². The third kappa shape index (κ3) is 3.81. The Balaban J connectivity index is 1.64. The van der Waals surface area contributed by atoms with Gasteiger partial charge in [0, 0.05) is 22.3 Å². The lowest BCUT2D eigenvalue weighted by atomic mass is 10.1. The Morgan fingerprint density at radius 2 is 1.73 bits per heavy atom. The fourth-order valence-electron chi connectivity index (χ4n) is 3.18. The van der Waals surface area contributed by atoms with Crippen LogP contribution < -0.4 is 16.4 Å². The minimum absolute atomic E-state index is 0.0136. The molecule has 3 aromatic carbocycles. The van der Waals surface area contributed by atoms with Crippen molar-refractivity contribution in [2.45, 2.75) is 6.54 Å². The van der Waals surface area contributed by atoms with Crippen molar-refractivity contribution >= 4 is 38.3 Å². The van der Waals surface area contributed by atoms with Crippen LogP contribution in [0.1, 0.15) is 0 Å². The van der Waals surface area contributed by atoms with Crippen LogP contribution in [0.4, 0.5) is 10.1 Å². The van der Waals surface area contributed by atoms with E-state index in [0.717, 1.165) is 15.3 Å². The molecule has 0 aliphatic rings. The molecule has 0 aliphatic heterocycles. The van der Waals surface area contributed by atoms with E-state index in [0.29, 0.717) is 10.2 Å². The van der Waals surface area contributed by atoms with Gasteiger partial charge in [-0.1, -0.05) is 52.3 Å². The van der Waals surface area contributed by atoms with Crippen LogP contribution in [0.15, 0.2) is 87.1 Å². The number of fused-ring (bicyclic) bond motifs is 1. The quantitative estimate of drug-likeness (QED) is 0.465. The van der Waals surface area contributed by atoms with E-state index in [9.17, 15) is 18.8 Å². The third-order valence-electron chi connectivity index (χ3n) is 4.60. The summed E-state index contributed by atoms with van der Waals surface area (Å²) in [5, 5.41) is 4.15. The van der Waals surface area contributed by atoms with Gasteiger partial charge in [-0.2, -0.15) is 0 Å². The van der Waals surface area contributed by atoms with Gasteiger partial charge in [0.1, 0.15) is 12.4 Å². The van der Waals surface area contributed by atoms with Gasteiger partial charge in [-0.25, -0.2) is 4.39 Å². The largest absolute Gasteiger partial charge is 0.322 e. The molecule has 4 rings (SSSR count). The zero-order chi connectivity index (χ0) is 21.3. The first-order valence-electron chi connectivity index (χ1n) is 8.99.